The minimum Gasteiger partial charge on any atom is -0.481 e. The van der Waals surface area contributed by atoms with Crippen molar-refractivity contribution < 1.29 is 44.1 Å². The van der Waals surface area contributed by atoms with Crippen molar-refractivity contribution in [2.24, 2.45) is 17.4 Å². The van der Waals surface area contributed by atoms with Crippen molar-refractivity contribution >= 4 is 35.6 Å². The summed E-state index contributed by atoms with van der Waals surface area (Å²) in [5.41, 5.74) is 10.9. The number of aliphatic carboxylic acids is 3. The lowest BCUT2D eigenvalue weighted by Crippen LogP contribution is -2.58. The van der Waals surface area contributed by atoms with E-state index in [1.807, 2.05) is 0 Å². The molecule has 0 aromatic heterocycles. The van der Waals surface area contributed by atoms with E-state index in [9.17, 15) is 33.9 Å². The third kappa shape index (κ3) is 12.1. The molecule has 0 spiro atoms. The van der Waals surface area contributed by atoms with Gasteiger partial charge in [-0.1, -0.05) is 13.8 Å². The quantitative estimate of drug-likeness (QED) is 0.103. The van der Waals surface area contributed by atoms with Gasteiger partial charge in [-0.2, -0.15) is 0 Å². The lowest BCUT2D eigenvalue weighted by Gasteiger charge is -2.27. The maximum Gasteiger partial charge on any atom is 0.326 e. The number of nitrogens with one attached hydrogen (secondary N) is 3. The molecule has 4 atom stereocenters. The molecule has 3 amide bonds. The van der Waals surface area contributed by atoms with E-state index >= 15 is 0 Å². The van der Waals surface area contributed by atoms with Crippen LogP contribution in [0, 0.1) is 5.92 Å². The minimum atomic E-state index is -1.48. The Morgan fingerprint density at radius 2 is 1.35 bits per heavy atom. The van der Waals surface area contributed by atoms with Crippen LogP contribution in [-0.2, 0) is 28.8 Å². The highest BCUT2D eigenvalue weighted by Crippen LogP contribution is 2.08. The van der Waals surface area contributed by atoms with Crippen LogP contribution in [0.1, 0.15) is 52.4 Å². The Morgan fingerprint density at radius 1 is 0.765 bits per heavy atom. The second-order valence-corrected chi connectivity index (χ2v) is 8.11. The van der Waals surface area contributed by atoms with Gasteiger partial charge in [0, 0.05) is 6.42 Å². The predicted octanol–water partition coefficient (Wildman–Crippen LogP) is -2.02. The first kappa shape index (κ1) is 30.7. The molecule has 0 aliphatic rings. The second kappa shape index (κ2) is 15.6. The van der Waals surface area contributed by atoms with Gasteiger partial charge >= 0.3 is 17.9 Å². The third-order valence-corrected chi connectivity index (χ3v) is 4.82. The summed E-state index contributed by atoms with van der Waals surface area (Å²) in [7, 11) is 0. The van der Waals surface area contributed by atoms with Gasteiger partial charge in [0.1, 0.15) is 18.1 Å². The molecule has 0 aliphatic heterocycles. The maximum atomic E-state index is 12.8. The number of nitrogens with two attached hydrogens (primary N) is 2. The van der Waals surface area contributed by atoms with Gasteiger partial charge < -0.3 is 42.7 Å². The van der Waals surface area contributed by atoms with E-state index in [1.54, 1.807) is 13.8 Å². The van der Waals surface area contributed by atoms with Crippen molar-refractivity contribution in [2.75, 3.05) is 6.54 Å². The van der Waals surface area contributed by atoms with Gasteiger partial charge in [0.05, 0.1) is 12.5 Å². The normalized spacial score (nSPS) is 14.4. The summed E-state index contributed by atoms with van der Waals surface area (Å²) >= 11 is 0. The fourth-order valence-electron chi connectivity index (χ4n) is 2.90. The molecule has 4 unspecified atom stereocenters. The molecule has 10 N–H and O–H groups in total. The molecule has 0 rings (SSSR count). The van der Waals surface area contributed by atoms with E-state index in [4.69, 9.17) is 21.7 Å². The molecular formula is C20H35N5O9. The number of carbonyl (C=O) groups is 6. The number of hydrogen-bond donors (Lipinski definition) is 8. The number of unbranched alkanes of at least 4 members (excludes halogenated alkanes) is 1. The fraction of sp³-hybridized carbons (Fsp3) is 0.700. The molecule has 0 bridgehead atoms. The van der Waals surface area contributed by atoms with Crippen LogP contribution in [0.25, 0.3) is 0 Å². The summed E-state index contributed by atoms with van der Waals surface area (Å²) in [6.45, 7) is 3.56. The first-order valence-corrected chi connectivity index (χ1v) is 10.8. The number of hydrogen-bond acceptors (Lipinski definition) is 8. The van der Waals surface area contributed by atoms with E-state index in [1.165, 1.54) is 0 Å². The molecule has 14 heteroatoms. The highest BCUT2D eigenvalue weighted by molar-refractivity contribution is 5.95. The van der Waals surface area contributed by atoms with Crippen molar-refractivity contribution in [3.05, 3.63) is 0 Å². The second-order valence-electron chi connectivity index (χ2n) is 8.11. The zero-order valence-corrected chi connectivity index (χ0v) is 19.3. The van der Waals surface area contributed by atoms with Crippen LogP contribution in [0.5, 0.6) is 0 Å². The zero-order chi connectivity index (χ0) is 26.4. The van der Waals surface area contributed by atoms with E-state index in [-0.39, 0.29) is 12.8 Å². The van der Waals surface area contributed by atoms with E-state index in [0.717, 1.165) is 0 Å². The molecule has 0 saturated heterocycles. The van der Waals surface area contributed by atoms with Gasteiger partial charge in [-0.3, -0.25) is 24.0 Å². The Hall–Kier alpha value is -3.26. The molecule has 0 aromatic rings. The summed E-state index contributed by atoms with van der Waals surface area (Å²) < 4.78 is 0. The summed E-state index contributed by atoms with van der Waals surface area (Å²) in [5, 5.41) is 34.0. The Balaban J connectivity index is 5.44. The molecule has 0 radical (unpaired) electrons. The van der Waals surface area contributed by atoms with Crippen molar-refractivity contribution in [1.82, 2.24) is 16.0 Å². The Kier molecular flexibility index (Phi) is 14.1. The summed E-state index contributed by atoms with van der Waals surface area (Å²) in [6, 6.07) is -5.29. The Labute approximate surface area is 196 Å². The highest BCUT2D eigenvalue weighted by Gasteiger charge is 2.32. The summed E-state index contributed by atoms with van der Waals surface area (Å²) in [5.74, 6) is -6.99. The molecule has 14 nitrogen and oxygen atoms in total. The lowest BCUT2D eigenvalue weighted by atomic mass is 10.0. The molecule has 0 fully saturated rings. The number of rotatable bonds is 17. The molecular weight excluding hydrogens is 454 g/mol. The first-order valence-electron chi connectivity index (χ1n) is 10.8. The van der Waals surface area contributed by atoms with Crippen LogP contribution >= 0.6 is 0 Å². The van der Waals surface area contributed by atoms with Gasteiger partial charge in [-0.15, -0.1) is 0 Å². The Bertz CT molecular complexity index is 744. The number of amides is 3. The average Bonchev–Trinajstić information content (AvgIpc) is 2.72. The van der Waals surface area contributed by atoms with E-state index in [2.05, 4.69) is 16.0 Å². The molecule has 0 saturated carbocycles. The Morgan fingerprint density at radius 3 is 1.82 bits per heavy atom. The number of carboxylic acid groups (broad SMARTS) is 3. The zero-order valence-electron chi connectivity index (χ0n) is 19.3. The van der Waals surface area contributed by atoms with Crippen molar-refractivity contribution in [1.29, 1.82) is 0 Å². The molecule has 0 aromatic carbocycles. The highest BCUT2D eigenvalue weighted by atomic mass is 16.4. The van der Waals surface area contributed by atoms with Gasteiger partial charge in [-0.05, 0) is 38.1 Å². The van der Waals surface area contributed by atoms with Crippen LogP contribution in [0.15, 0.2) is 0 Å². The summed E-state index contributed by atoms with van der Waals surface area (Å²) in [4.78, 5) is 70.9. The van der Waals surface area contributed by atoms with Gasteiger partial charge in [0.15, 0.2) is 0 Å². The number of carbonyl (C=O) groups excluding carboxylic acids is 3. The van der Waals surface area contributed by atoms with Crippen LogP contribution in [0.2, 0.25) is 0 Å². The van der Waals surface area contributed by atoms with Gasteiger partial charge in [-0.25, -0.2) is 4.79 Å². The maximum absolute atomic E-state index is 12.8. The van der Waals surface area contributed by atoms with Crippen LogP contribution in [0.3, 0.4) is 0 Å². The summed E-state index contributed by atoms with van der Waals surface area (Å²) in [6.07, 6.45) is -0.402. The SMILES string of the molecule is CC(C)C(NC(=O)C(CCC(=O)O)NC(=O)C(N)CC(=O)O)C(=O)NC(CCCCN)C(=O)O. The van der Waals surface area contributed by atoms with E-state index in [0.29, 0.717) is 19.4 Å². The van der Waals surface area contributed by atoms with Crippen LogP contribution in [-0.4, -0.2) is 81.7 Å². The lowest BCUT2D eigenvalue weighted by molar-refractivity contribution is -0.142. The van der Waals surface area contributed by atoms with Crippen molar-refractivity contribution in [3.63, 3.8) is 0 Å². The van der Waals surface area contributed by atoms with Gasteiger partial charge in [0.2, 0.25) is 17.7 Å². The van der Waals surface area contributed by atoms with Crippen LogP contribution in [0.4, 0.5) is 0 Å². The van der Waals surface area contributed by atoms with E-state index < -0.39 is 78.6 Å². The van der Waals surface area contributed by atoms with Crippen LogP contribution < -0.4 is 27.4 Å². The topological polar surface area (TPSA) is 251 Å². The molecule has 0 heterocycles. The standard InChI is InChI=1S/C20H35N5O9/c1-10(2)16(19(32)24-13(20(33)34)5-3-4-8-21)25-18(31)12(6-7-14(26)27)23-17(30)11(22)9-15(28)29/h10-13,16H,3-9,21-22H2,1-2H3,(H,23,30)(H,24,32)(H,25,31)(H,26,27)(H,28,29)(H,33,34). The monoisotopic (exact) mass is 489 g/mol. The number of carboxylic acids is 3. The van der Waals surface area contributed by atoms with Gasteiger partial charge in [0.25, 0.3) is 0 Å². The van der Waals surface area contributed by atoms with Crippen molar-refractivity contribution in [3.8, 4) is 0 Å². The minimum absolute atomic E-state index is 0.135. The fourth-order valence-corrected chi connectivity index (χ4v) is 2.90. The smallest absolute Gasteiger partial charge is 0.326 e. The predicted molar refractivity (Wildman–Crippen MR) is 118 cm³/mol. The molecule has 0 aliphatic carbocycles. The van der Waals surface area contributed by atoms with Crippen molar-refractivity contribution in [2.45, 2.75) is 76.5 Å². The molecule has 34 heavy (non-hydrogen) atoms. The molecule has 194 valence electrons. The third-order valence-electron chi connectivity index (χ3n) is 4.82. The largest absolute Gasteiger partial charge is 0.481 e. The first-order chi connectivity index (χ1) is 15.8. The average molecular weight is 490 g/mol.